The summed E-state index contributed by atoms with van der Waals surface area (Å²) in [6.45, 7) is 8.38. The van der Waals surface area contributed by atoms with E-state index in [9.17, 15) is 22.4 Å². The highest BCUT2D eigenvalue weighted by Gasteiger charge is 2.33. The Bertz CT molecular complexity index is 1350. The molecule has 38 heavy (non-hydrogen) atoms. The van der Waals surface area contributed by atoms with Gasteiger partial charge in [-0.05, 0) is 76.6 Å². The number of rotatable bonds is 9. The molecule has 0 aliphatic rings. The molecule has 2 amide bonds. The van der Waals surface area contributed by atoms with Crippen LogP contribution in [-0.2, 0) is 26.2 Å². The molecule has 0 saturated heterocycles. The van der Waals surface area contributed by atoms with Crippen LogP contribution >= 0.6 is 0 Å². The Balaban J connectivity index is 2.00. The van der Waals surface area contributed by atoms with Gasteiger partial charge in [0.2, 0.25) is 11.8 Å². The van der Waals surface area contributed by atoms with Crippen LogP contribution in [0.5, 0.6) is 0 Å². The molecular weight excluding hydrogens is 505 g/mol. The van der Waals surface area contributed by atoms with Gasteiger partial charge in [-0.15, -0.1) is 0 Å². The first-order chi connectivity index (χ1) is 17.8. The first kappa shape index (κ1) is 28.8. The number of sulfonamides is 1. The lowest BCUT2D eigenvalue weighted by Gasteiger charge is -2.33. The third kappa shape index (κ3) is 7.41. The number of nitrogens with zero attached hydrogens (tertiary/aromatic N) is 2. The van der Waals surface area contributed by atoms with Crippen LogP contribution < -0.4 is 9.62 Å². The van der Waals surface area contributed by atoms with Crippen molar-refractivity contribution in [3.8, 4) is 0 Å². The van der Waals surface area contributed by atoms with Gasteiger partial charge in [0.1, 0.15) is 18.4 Å². The Kier molecular flexibility index (Phi) is 8.93. The van der Waals surface area contributed by atoms with Crippen LogP contribution in [0.1, 0.15) is 38.8 Å². The molecular formula is C29H34FN3O4S. The number of halogens is 1. The Morgan fingerprint density at radius 1 is 0.921 bits per heavy atom. The predicted octanol–water partition coefficient (Wildman–Crippen LogP) is 4.66. The van der Waals surface area contributed by atoms with E-state index in [4.69, 9.17) is 0 Å². The lowest BCUT2D eigenvalue weighted by atomic mass is 10.1. The van der Waals surface area contributed by atoms with Crippen LogP contribution in [0.25, 0.3) is 0 Å². The van der Waals surface area contributed by atoms with Gasteiger partial charge in [0, 0.05) is 12.1 Å². The molecule has 3 aromatic carbocycles. The lowest BCUT2D eigenvalue weighted by molar-refractivity contribution is -0.140. The number of amides is 2. The Morgan fingerprint density at radius 3 is 2.05 bits per heavy atom. The fraction of sp³-hybridized carbons (Fsp3) is 0.310. The van der Waals surface area contributed by atoms with Crippen molar-refractivity contribution in [2.24, 2.45) is 0 Å². The van der Waals surface area contributed by atoms with Gasteiger partial charge in [-0.2, -0.15) is 0 Å². The molecule has 0 unspecified atom stereocenters. The van der Waals surface area contributed by atoms with E-state index in [-0.39, 0.29) is 17.3 Å². The zero-order valence-corrected chi connectivity index (χ0v) is 23.1. The second kappa shape index (κ2) is 11.8. The second-order valence-electron chi connectivity index (χ2n) is 10.2. The summed E-state index contributed by atoms with van der Waals surface area (Å²) in [5.41, 5.74) is 1.27. The summed E-state index contributed by atoms with van der Waals surface area (Å²) in [4.78, 5) is 28.2. The number of carbonyl (C=O) groups excluding carboxylic acids is 2. The summed E-state index contributed by atoms with van der Waals surface area (Å²) in [5.74, 6) is -1.39. The van der Waals surface area contributed by atoms with Crippen molar-refractivity contribution < 1.29 is 22.4 Å². The third-order valence-corrected chi connectivity index (χ3v) is 7.65. The topological polar surface area (TPSA) is 86.8 Å². The van der Waals surface area contributed by atoms with Gasteiger partial charge in [0.25, 0.3) is 10.0 Å². The van der Waals surface area contributed by atoms with Crippen molar-refractivity contribution in [3.63, 3.8) is 0 Å². The molecule has 0 aliphatic heterocycles. The minimum absolute atomic E-state index is 0.00888. The molecule has 0 heterocycles. The number of nitrogens with one attached hydrogen (secondary N) is 1. The van der Waals surface area contributed by atoms with Crippen LogP contribution in [0.4, 0.5) is 10.1 Å². The average Bonchev–Trinajstić information content (AvgIpc) is 2.86. The number of anilines is 1. The fourth-order valence-corrected chi connectivity index (χ4v) is 5.22. The summed E-state index contributed by atoms with van der Waals surface area (Å²) in [7, 11) is -4.12. The molecule has 0 aromatic heterocycles. The van der Waals surface area contributed by atoms with Crippen molar-refractivity contribution in [2.45, 2.75) is 57.6 Å². The molecule has 9 heteroatoms. The van der Waals surface area contributed by atoms with Gasteiger partial charge >= 0.3 is 0 Å². The number of para-hydroxylation sites is 1. The molecule has 202 valence electrons. The minimum atomic E-state index is -4.12. The molecule has 0 aliphatic carbocycles. The van der Waals surface area contributed by atoms with Crippen LogP contribution in [0.15, 0.2) is 83.8 Å². The van der Waals surface area contributed by atoms with E-state index in [2.05, 4.69) is 5.32 Å². The van der Waals surface area contributed by atoms with Gasteiger partial charge in [0.05, 0.1) is 10.6 Å². The van der Waals surface area contributed by atoms with Crippen LogP contribution in [0.2, 0.25) is 0 Å². The van der Waals surface area contributed by atoms with Gasteiger partial charge in [-0.25, -0.2) is 12.8 Å². The molecule has 1 atom stereocenters. The summed E-state index contributed by atoms with van der Waals surface area (Å²) >= 11 is 0. The number of hydrogen-bond donors (Lipinski definition) is 1. The van der Waals surface area contributed by atoms with E-state index in [1.165, 1.54) is 41.3 Å². The first-order valence-corrected chi connectivity index (χ1v) is 13.7. The van der Waals surface area contributed by atoms with Crippen molar-refractivity contribution in [2.75, 3.05) is 10.8 Å². The quantitative estimate of drug-likeness (QED) is 0.429. The smallest absolute Gasteiger partial charge is 0.264 e. The zero-order valence-electron chi connectivity index (χ0n) is 22.3. The highest BCUT2D eigenvalue weighted by atomic mass is 32.2. The van der Waals surface area contributed by atoms with E-state index in [0.717, 1.165) is 9.87 Å². The van der Waals surface area contributed by atoms with E-state index in [1.807, 2.05) is 27.7 Å². The number of aryl methyl sites for hydroxylation is 1. The van der Waals surface area contributed by atoms with Gasteiger partial charge in [-0.1, -0.05) is 48.0 Å². The molecule has 0 bridgehead atoms. The van der Waals surface area contributed by atoms with Crippen molar-refractivity contribution in [3.05, 3.63) is 95.8 Å². The van der Waals surface area contributed by atoms with Crippen LogP contribution in [-0.4, -0.2) is 43.3 Å². The maximum Gasteiger partial charge on any atom is 0.264 e. The molecule has 3 aromatic rings. The SMILES string of the molecule is Cc1ccc(S(=O)(=O)N(CC(=O)N(Cc2ccc(F)cc2)[C@H](C)C(=O)NC(C)(C)C)c2ccccc2)cc1. The molecule has 0 saturated carbocycles. The largest absolute Gasteiger partial charge is 0.350 e. The Labute approximate surface area is 224 Å². The Morgan fingerprint density at radius 2 is 1.50 bits per heavy atom. The zero-order chi connectivity index (χ0) is 28.1. The fourth-order valence-electron chi connectivity index (χ4n) is 3.80. The highest BCUT2D eigenvalue weighted by molar-refractivity contribution is 7.92. The normalized spacial score (nSPS) is 12.5. The maximum atomic E-state index is 13.8. The van der Waals surface area contributed by atoms with Crippen LogP contribution in [0.3, 0.4) is 0 Å². The van der Waals surface area contributed by atoms with Gasteiger partial charge in [-0.3, -0.25) is 13.9 Å². The van der Waals surface area contributed by atoms with Gasteiger partial charge in [0.15, 0.2) is 0 Å². The summed E-state index contributed by atoms with van der Waals surface area (Å²) in [6.07, 6.45) is 0. The summed E-state index contributed by atoms with van der Waals surface area (Å²) in [5, 5.41) is 2.87. The molecule has 1 N–H and O–H groups in total. The van der Waals surface area contributed by atoms with E-state index >= 15 is 0 Å². The molecule has 0 spiro atoms. The Hall–Kier alpha value is -3.72. The number of benzene rings is 3. The van der Waals surface area contributed by atoms with E-state index in [0.29, 0.717) is 11.3 Å². The summed E-state index contributed by atoms with van der Waals surface area (Å²) < 4.78 is 42.0. The average molecular weight is 540 g/mol. The maximum absolute atomic E-state index is 13.8. The second-order valence-corrected chi connectivity index (χ2v) is 12.1. The third-order valence-electron chi connectivity index (χ3n) is 5.86. The highest BCUT2D eigenvalue weighted by Crippen LogP contribution is 2.25. The van der Waals surface area contributed by atoms with Crippen molar-refractivity contribution in [1.82, 2.24) is 10.2 Å². The van der Waals surface area contributed by atoms with Crippen molar-refractivity contribution in [1.29, 1.82) is 0 Å². The standard InChI is InChI=1S/C29H34FN3O4S/c1-21-11-17-26(18-12-21)38(36,37)33(25-9-7-6-8-10-25)20-27(34)32(19-23-13-15-24(30)16-14-23)22(2)28(35)31-29(3,4)5/h6-18,22H,19-20H2,1-5H3,(H,31,35)/t22-/m1/s1. The molecule has 7 nitrogen and oxygen atoms in total. The number of carbonyl (C=O) groups is 2. The van der Waals surface area contributed by atoms with Crippen molar-refractivity contribution >= 4 is 27.5 Å². The monoisotopic (exact) mass is 539 g/mol. The van der Waals surface area contributed by atoms with Crippen LogP contribution in [0, 0.1) is 12.7 Å². The van der Waals surface area contributed by atoms with Gasteiger partial charge < -0.3 is 10.2 Å². The minimum Gasteiger partial charge on any atom is -0.350 e. The van der Waals surface area contributed by atoms with E-state index in [1.54, 1.807) is 49.4 Å². The summed E-state index contributed by atoms with van der Waals surface area (Å²) in [6, 6.07) is 19.4. The molecule has 0 fully saturated rings. The van der Waals surface area contributed by atoms with E-state index < -0.39 is 39.9 Å². The molecule has 0 radical (unpaired) electrons. The number of hydrogen-bond acceptors (Lipinski definition) is 4. The predicted molar refractivity (Wildman–Crippen MR) is 146 cm³/mol. The molecule has 3 rings (SSSR count). The first-order valence-electron chi connectivity index (χ1n) is 12.3. The lowest BCUT2D eigenvalue weighted by Crippen LogP contribution is -2.54.